The van der Waals surface area contributed by atoms with Gasteiger partial charge in [0.25, 0.3) is 5.56 Å². The first-order valence-corrected chi connectivity index (χ1v) is 9.45. The van der Waals surface area contributed by atoms with Gasteiger partial charge in [-0.2, -0.15) is 5.10 Å². The van der Waals surface area contributed by atoms with Crippen LogP contribution in [0.1, 0.15) is 12.5 Å². The van der Waals surface area contributed by atoms with E-state index >= 15 is 0 Å². The van der Waals surface area contributed by atoms with Crippen molar-refractivity contribution in [2.45, 2.75) is 25.9 Å². The second kappa shape index (κ2) is 8.85. The molecule has 3 aromatic rings. The molecule has 1 unspecified atom stereocenters. The SMILES string of the molecule is CC(Cc1ccccc1)N(C)C(=O)Cn1nc(-c2ccc(Cl)cc2)ccc1=O. The van der Waals surface area contributed by atoms with Crippen molar-refractivity contribution in [2.24, 2.45) is 0 Å². The van der Waals surface area contributed by atoms with E-state index in [4.69, 9.17) is 11.6 Å². The van der Waals surface area contributed by atoms with Gasteiger partial charge in [0.2, 0.25) is 5.91 Å². The summed E-state index contributed by atoms with van der Waals surface area (Å²) in [4.78, 5) is 26.5. The number of hydrogen-bond acceptors (Lipinski definition) is 3. The van der Waals surface area contributed by atoms with Crippen LogP contribution in [0.2, 0.25) is 5.02 Å². The third-order valence-corrected chi connectivity index (χ3v) is 4.97. The summed E-state index contributed by atoms with van der Waals surface area (Å²) in [5.74, 6) is -0.161. The van der Waals surface area contributed by atoms with Crippen LogP contribution in [0, 0.1) is 0 Å². The van der Waals surface area contributed by atoms with E-state index in [1.807, 2.05) is 49.4 Å². The van der Waals surface area contributed by atoms with Gasteiger partial charge in [0, 0.05) is 29.7 Å². The normalized spacial score (nSPS) is 11.8. The lowest BCUT2D eigenvalue weighted by Gasteiger charge is -2.25. The molecule has 0 saturated carbocycles. The Balaban J connectivity index is 1.73. The predicted molar refractivity (Wildman–Crippen MR) is 111 cm³/mol. The van der Waals surface area contributed by atoms with Crippen LogP contribution >= 0.6 is 11.6 Å². The van der Waals surface area contributed by atoms with Crippen LogP contribution in [0.15, 0.2) is 71.5 Å². The number of nitrogens with zero attached hydrogens (tertiary/aromatic N) is 3. The largest absolute Gasteiger partial charge is 0.341 e. The summed E-state index contributed by atoms with van der Waals surface area (Å²) in [6, 6.07) is 20.3. The lowest BCUT2D eigenvalue weighted by atomic mass is 10.1. The average molecular weight is 396 g/mol. The summed E-state index contributed by atoms with van der Waals surface area (Å²) in [5.41, 5.74) is 2.30. The van der Waals surface area contributed by atoms with Gasteiger partial charge in [-0.1, -0.05) is 54.1 Å². The number of amides is 1. The number of likely N-dealkylation sites (N-methyl/N-ethyl adjacent to an activating group) is 1. The summed E-state index contributed by atoms with van der Waals surface area (Å²) in [5, 5.41) is 4.98. The average Bonchev–Trinajstić information content (AvgIpc) is 2.70. The van der Waals surface area contributed by atoms with Gasteiger partial charge in [-0.05, 0) is 37.1 Å². The number of hydrogen-bond donors (Lipinski definition) is 0. The lowest BCUT2D eigenvalue weighted by Crippen LogP contribution is -2.40. The molecule has 2 aromatic carbocycles. The van der Waals surface area contributed by atoms with E-state index in [1.165, 1.54) is 10.7 Å². The zero-order valence-electron chi connectivity index (χ0n) is 15.9. The van der Waals surface area contributed by atoms with Crippen molar-refractivity contribution in [3.05, 3.63) is 87.7 Å². The van der Waals surface area contributed by atoms with Crippen molar-refractivity contribution in [3.63, 3.8) is 0 Å². The highest BCUT2D eigenvalue weighted by Gasteiger charge is 2.18. The molecule has 0 saturated heterocycles. The maximum absolute atomic E-state index is 12.7. The third-order valence-electron chi connectivity index (χ3n) is 4.72. The fourth-order valence-corrected chi connectivity index (χ4v) is 3.04. The van der Waals surface area contributed by atoms with E-state index in [1.54, 1.807) is 30.1 Å². The molecule has 6 heteroatoms. The summed E-state index contributed by atoms with van der Waals surface area (Å²) in [7, 11) is 1.75. The van der Waals surface area contributed by atoms with Gasteiger partial charge >= 0.3 is 0 Å². The third kappa shape index (κ3) is 4.87. The standard InChI is InChI=1S/C22H22ClN3O2/c1-16(14-17-6-4-3-5-7-17)25(2)22(28)15-26-21(27)13-12-20(24-26)18-8-10-19(23)11-9-18/h3-13,16H,14-15H2,1-2H3. The summed E-state index contributed by atoms with van der Waals surface area (Å²) in [6.45, 7) is 1.89. The van der Waals surface area contributed by atoms with Crippen molar-refractivity contribution >= 4 is 17.5 Å². The topological polar surface area (TPSA) is 55.2 Å². The number of halogens is 1. The highest BCUT2D eigenvalue weighted by molar-refractivity contribution is 6.30. The molecule has 28 heavy (non-hydrogen) atoms. The molecule has 1 heterocycles. The van der Waals surface area contributed by atoms with Crippen molar-refractivity contribution in [2.75, 3.05) is 7.05 Å². The van der Waals surface area contributed by atoms with Crippen molar-refractivity contribution < 1.29 is 4.79 Å². The lowest BCUT2D eigenvalue weighted by molar-refractivity contribution is -0.132. The van der Waals surface area contributed by atoms with E-state index in [9.17, 15) is 9.59 Å². The van der Waals surface area contributed by atoms with Gasteiger partial charge in [0.15, 0.2) is 0 Å². The molecule has 144 valence electrons. The summed E-state index contributed by atoms with van der Waals surface area (Å²) < 4.78 is 1.21. The minimum Gasteiger partial charge on any atom is -0.341 e. The Morgan fingerprint density at radius 1 is 1.07 bits per heavy atom. The molecule has 0 fully saturated rings. The van der Waals surface area contributed by atoms with Gasteiger partial charge in [-0.3, -0.25) is 9.59 Å². The number of carbonyl (C=O) groups is 1. The van der Waals surface area contributed by atoms with Crippen LogP contribution < -0.4 is 5.56 Å². The fraction of sp³-hybridized carbons (Fsp3) is 0.227. The number of rotatable bonds is 6. The quantitative estimate of drug-likeness (QED) is 0.640. The molecule has 0 spiro atoms. The van der Waals surface area contributed by atoms with Crippen molar-refractivity contribution in [3.8, 4) is 11.3 Å². The van der Waals surface area contributed by atoms with Gasteiger partial charge in [-0.25, -0.2) is 4.68 Å². The van der Waals surface area contributed by atoms with E-state index in [2.05, 4.69) is 5.10 Å². The van der Waals surface area contributed by atoms with E-state index in [0.29, 0.717) is 10.7 Å². The Hall–Kier alpha value is -2.92. The van der Waals surface area contributed by atoms with Gasteiger partial charge in [-0.15, -0.1) is 0 Å². The Kier molecular flexibility index (Phi) is 6.26. The Morgan fingerprint density at radius 3 is 2.43 bits per heavy atom. The van der Waals surface area contributed by atoms with Crippen molar-refractivity contribution in [1.29, 1.82) is 0 Å². The highest BCUT2D eigenvalue weighted by Crippen LogP contribution is 2.18. The molecule has 0 radical (unpaired) electrons. The molecule has 1 atom stereocenters. The van der Waals surface area contributed by atoms with Gasteiger partial charge < -0.3 is 4.90 Å². The maximum Gasteiger partial charge on any atom is 0.267 e. The minimum absolute atomic E-state index is 0.00468. The number of benzene rings is 2. The first kappa shape index (κ1) is 19.8. The highest BCUT2D eigenvalue weighted by atomic mass is 35.5. The molecular weight excluding hydrogens is 374 g/mol. The Labute approximate surface area is 169 Å². The first-order chi connectivity index (χ1) is 13.4. The zero-order valence-corrected chi connectivity index (χ0v) is 16.6. The fourth-order valence-electron chi connectivity index (χ4n) is 2.91. The van der Waals surface area contributed by atoms with Crippen LogP contribution in [0.25, 0.3) is 11.3 Å². The molecule has 5 nitrogen and oxygen atoms in total. The summed E-state index contributed by atoms with van der Waals surface area (Å²) in [6.07, 6.45) is 0.746. The number of aromatic nitrogens is 2. The van der Waals surface area contributed by atoms with Gasteiger partial charge in [0.1, 0.15) is 6.54 Å². The molecule has 0 aliphatic heterocycles. The maximum atomic E-state index is 12.7. The predicted octanol–water partition coefficient (Wildman–Crippen LogP) is 3.65. The van der Waals surface area contributed by atoms with E-state index < -0.39 is 0 Å². The number of carbonyl (C=O) groups excluding carboxylic acids is 1. The first-order valence-electron chi connectivity index (χ1n) is 9.08. The smallest absolute Gasteiger partial charge is 0.267 e. The van der Waals surface area contributed by atoms with Crippen LogP contribution in [-0.2, 0) is 17.8 Å². The Bertz CT molecular complexity index is 1000. The zero-order chi connectivity index (χ0) is 20.1. The van der Waals surface area contributed by atoms with Crippen LogP contribution in [0.3, 0.4) is 0 Å². The minimum atomic E-state index is -0.310. The van der Waals surface area contributed by atoms with Crippen LogP contribution in [0.5, 0.6) is 0 Å². The Morgan fingerprint density at radius 2 is 1.75 bits per heavy atom. The monoisotopic (exact) mass is 395 g/mol. The molecule has 0 N–H and O–H groups in total. The second-order valence-electron chi connectivity index (χ2n) is 6.76. The molecule has 3 rings (SSSR count). The van der Waals surface area contributed by atoms with Crippen LogP contribution in [0.4, 0.5) is 0 Å². The molecule has 0 aliphatic rings. The molecule has 0 bridgehead atoms. The van der Waals surface area contributed by atoms with E-state index in [0.717, 1.165) is 17.5 Å². The molecule has 1 amide bonds. The van der Waals surface area contributed by atoms with Crippen LogP contribution in [-0.4, -0.2) is 33.7 Å². The molecular formula is C22H22ClN3O2. The van der Waals surface area contributed by atoms with E-state index in [-0.39, 0.29) is 24.1 Å². The molecule has 0 aliphatic carbocycles. The van der Waals surface area contributed by atoms with Crippen molar-refractivity contribution in [1.82, 2.24) is 14.7 Å². The second-order valence-corrected chi connectivity index (χ2v) is 7.20. The summed E-state index contributed by atoms with van der Waals surface area (Å²) >= 11 is 5.92. The van der Waals surface area contributed by atoms with Gasteiger partial charge in [0.05, 0.1) is 5.69 Å². The molecule has 1 aromatic heterocycles.